The Morgan fingerprint density at radius 2 is 1.71 bits per heavy atom. The normalized spacial score (nSPS) is 42.4. The summed E-state index contributed by atoms with van der Waals surface area (Å²) in [6.45, 7) is 12.9. The summed E-state index contributed by atoms with van der Waals surface area (Å²) >= 11 is 0. The lowest BCUT2D eigenvalue weighted by molar-refractivity contribution is -0.240. The van der Waals surface area contributed by atoms with Gasteiger partial charge in [-0.1, -0.05) is 46.3 Å². The Bertz CT molecular complexity index is 594. The maximum Gasteiger partial charge on any atom is 0.177 e. The van der Waals surface area contributed by atoms with Crippen LogP contribution < -0.4 is 0 Å². The molecule has 3 heteroatoms. The van der Waals surface area contributed by atoms with Crippen LogP contribution in [0.2, 0.25) is 0 Å². The van der Waals surface area contributed by atoms with Gasteiger partial charge in [-0.25, -0.2) is 0 Å². The largest absolute Gasteiger partial charge is 0.347 e. The average molecular weight is 332 g/mol. The number of ether oxygens (including phenoxy) is 2. The lowest BCUT2D eigenvalue weighted by atomic mass is 9.44. The first-order chi connectivity index (χ1) is 11.2. The third-order valence-corrected chi connectivity index (χ3v) is 8.13. The minimum atomic E-state index is -0.480. The molecule has 0 radical (unpaired) electrons. The van der Waals surface area contributed by atoms with Gasteiger partial charge in [0.25, 0.3) is 0 Å². The summed E-state index contributed by atoms with van der Waals surface area (Å²) in [5.41, 5.74) is 1.27. The quantitative estimate of drug-likeness (QED) is 0.612. The highest BCUT2D eigenvalue weighted by Gasteiger charge is 2.64. The van der Waals surface area contributed by atoms with E-state index in [-0.39, 0.29) is 16.2 Å². The van der Waals surface area contributed by atoms with E-state index in [1.54, 1.807) is 0 Å². The third kappa shape index (κ3) is 1.89. The van der Waals surface area contributed by atoms with Gasteiger partial charge in [0.1, 0.15) is 5.78 Å². The molecule has 1 aliphatic heterocycles. The van der Waals surface area contributed by atoms with Gasteiger partial charge in [0, 0.05) is 23.7 Å². The summed E-state index contributed by atoms with van der Waals surface area (Å²) < 4.78 is 12.3. The standard InChI is InChI=1S/C21H32O3/c1-18(2)10-9-17(22)20(5)15-8-11-21(23-12-13-24-21)19(3,4)14(15)6-7-16(18)20/h6,15-16H,7-13H2,1-5H3/t15-,16-,20-/m0/s1. The average Bonchev–Trinajstić information content (AvgIpc) is 2.98. The number of hydrogen-bond donors (Lipinski definition) is 0. The topological polar surface area (TPSA) is 35.5 Å². The Morgan fingerprint density at radius 1 is 1.04 bits per heavy atom. The van der Waals surface area contributed by atoms with Gasteiger partial charge in [0.15, 0.2) is 5.79 Å². The second-order valence-corrected chi connectivity index (χ2v) is 9.81. The molecule has 0 aromatic carbocycles. The lowest BCUT2D eigenvalue weighted by Gasteiger charge is -2.61. The summed E-state index contributed by atoms with van der Waals surface area (Å²) in [4.78, 5) is 13.1. The first-order valence-electron chi connectivity index (χ1n) is 9.67. The molecule has 0 bridgehead atoms. The van der Waals surface area contributed by atoms with E-state index >= 15 is 0 Å². The molecule has 3 fully saturated rings. The van der Waals surface area contributed by atoms with Gasteiger partial charge in [-0.2, -0.15) is 0 Å². The molecule has 0 aromatic rings. The minimum Gasteiger partial charge on any atom is -0.347 e. The first-order valence-corrected chi connectivity index (χ1v) is 9.67. The van der Waals surface area contributed by atoms with Crippen molar-refractivity contribution in [2.24, 2.45) is 28.1 Å². The predicted molar refractivity (Wildman–Crippen MR) is 93.5 cm³/mol. The lowest BCUT2D eigenvalue weighted by Crippen LogP contribution is -2.60. The zero-order valence-electron chi connectivity index (χ0n) is 15.9. The van der Waals surface area contributed by atoms with Crippen molar-refractivity contribution in [3.8, 4) is 0 Å². The SMILES string of the molecule is CC1(C)CCC(=O)[C@@]2(C)[C@H]3CCC4(OCCO4)C(C)(C)C3=CC[C@@H]12. The Kier molecular flexibility index (Phi) is 3.46. The zero-order valence-corrected chi connectivity index (χ0v) is 15.9. The van der Waals surface area contributed by atoms with Gasteiger partial charge in [-0.15, -0.1) is 0 Å². The van der Waals surface area contributed by atoms with Gasteiger partial charge >= 0.3 is 0 Å². The number of ketones is 1. The molecule has 3 aliphatic carbocycles. The number of carbonyl (C=O) groups excluding carboxylic acids is 1. The molecule has 2 saturated carbocycles. The number of rotatable bonds is 0. The van der Waals surface area contributed by atoms with Gasteiger partial charge in [-0.05, 0) is 36.5 Å². The van der Waals surface area contributed by atoms with Crippen molar-refractivity contribution in [2.45, 2.75) is 72.5 Å². The molecular weight excluding hydrogens is 300 g/mol. The van der Waals surface area contributed by atoms with E-state index < -0.39 is 5.79 Å². The summed E-state index contributed by atoms with van der Waals surface area (Å²) in [6, 6.07) is 0. The van der Waals surface area contributed by atoms with Gasteiger partial charge in [0.05, 0.1) is 13.2 Å². The van der Waals surface area contributed by atoms with Crippen LogP contribution in [0.4, 0.5) is 0 Å². The molecule has 1 heterocycles. The summed E-state index contributed by atoms with van der Waals surface area (Å²) in [5.74, 6) is 0.806. The second-order valence-electron chi connectivity index (χ2n) is 9.81. The first kappa shape index (κ1) is 16.8. The molecular formula is C21H32O3. The van der Waals surface area contributed by atoms with Crippen LogP contribution in [-0.2, 0) is 14.3 Å². The Balaban J connectivity index is 1.80. The van der Waals surface area contributed by atoms with Crippen molar-refractivity contribution in [2.75, 3.05) is 13.2 Å². The molecule has 1 saturated heterocycles. The van der Waals surface area contributed by atoms with Crippen molar-refractivity contribution in [1.29, 1.82) is 0 Å². The Morgan fingerprint density at radius 3 is 2.38 bits per heavy atom. The number of carbonyl (C=O) groups is 1. The van der Waals surface area contributed by atoms with E-state index in [1.165, 1.54) is 5.57 Å². The molecule has 24 heavy (non-hydrogen) atoms. The fourth-order valence-corrected chi connectivity index (χ4v) is 6.57. The van der Waals surface area contributed by atoms with E-state index in [4.69, 9.17) is 9.47 Å². The zero-order chi connectivity index (χ0) is 17.4. The molecule has 1 spiro atoms. The highest BCUT2D eigenvalue weighted by atomic mass is 16.7. The van der Waals surface area contributed by atoms with Crippen molar-refractivity contribution < 1.29 is 14.3 Å². The van der Waals surface area contributed by atoms with Crippen molar-refractivity contribution in [3.63, 3.8) is 0 Å². The molecule has 0 aromatic heterocycles. The fourth-order valence-electron chi connectivity index (χ4n) is 6.57. The molecule has 3 nitrogen and oxygen atoms in total. The van der Waals surface area contributed by atoms with Crippen LogP contribution in [0, 0.1) is 28.1 Å². The van der Waals surface area contributed by atoms with Crippen molar-refractivity contribution >= 4 is 5.78 Å². The summed E-state index contributed by atoms with van der Waals surface area (Å²) in [6.07, 6.45) is 7.13. The van der Waals surface area contributed by atoms with Crippen LogP contribution in [0.5, 0.6) is 0 Å². The second kappa shape index (κ2) is 4.94. The van der Waals surface area contributed by atoms with Crippen LogP contribution in [-0.4, -0.2) is 24.8 Å². The number of fused-ring (bicyclic) bond motifs is 3. The smallest absolute Gasteiger partial charge is 0.177 e. The van der Waals surface area contributed by atoms with E-state index in [2.05, 4.69) is 40.7 Å². The van der Waals surface area contributed by atoms with Gasteiger partial charge < -0.3 is 9.47 Å². The van der Waals surface area contributed by atoms with E-state index in [0.717, 1.165) is 32.1 Å². The van der Waals surface area contributed by atoms with E-state index in [1.807, 2.05) is 0 Å². The maximum absolute atomic E-state index is 13.1. The highest BCUT2D eigenvalue weighted by Crippen LogP contribution is 2.65. The molecule has 3 atom stereocenters. The summed E-state index contributed by atoms with van der Waals surface area (Å²) in [5, 5.41) is 0. The molecule has 0 amide bonds. The fraction of sp³-hybridized carbons (Fsp3) is 0.857. The molecule has 4 aliphatic rings. The number of hydrogen-bond acceptors (Lipinski definition) is 3. The molecule has 0 N–H and O–H groups in total. The van der Waals surface area contributed by atoms with Crippen LogP contribution in [0.25, 0.3) is 0 Å². The van der Waals surface area contributed by atoms with Gasteiger partial charge in [-0.3, -0.25) is 4.79 Å². The minimum absolute atomic E-state index is 0.164. The third-order valence-electron chi connectivity index (χ3n) is 8.13. The predicted octanol–water partition coefficient (Wildman–Crippen LogP) is 4.51. The molecule has 0 unspecified atom stereocenters. The number of Topliss-reactive ketones (excluding diaryl/α,β-unsaturated/α-hetero) is 1. The van der Waals surface area contributed by atoms with Gasteiger partial charge in [0.2, 0.25) is 0 Å². The monoisotopic (exact) mass is 332 g/mol. The van der Waals surface area contributed by atoms with Crippen molar-refractivity contribution in [1.82, 2.24) is 0 Å². The highest BCUT2D eigenvalue weighted by molar-refractivity contribution is 5.87. The van der Waals surface area contributed by atoms with Crippen LogP contribution >= 0.6 is 0 Å². The van der Waals surface area contributed by atoms with E-state index in [9.17, 15) is 4.79 Å². The molecule has 4 rings (SSSR count). The van der Waals surface area contributed by atoms with E-state index in [0.29, 0.717) is 30.8 Å². The Labute approximate surface area is 146 Å². The Hall–Kier alpha value is -0.670. The maximum atomic E-state index is 13.1. The van der Waals surface area contributed by atoms with Crippen LogP contribution in [0.1, 0.15) is 66.7 Å². The summed E-state index contributed by atoms with van der Waals surface area (Å²) in [7, 11) is 0. The molecule has 134 valence electrons. The van der Waals surface area contributed by atoms with Crippen LogP contribution in [0.3, 0.4) is 0 Å². The van der Waals surface area contributed by atoms with Crippen molar-refractivity contribution in [3.05, 3.63) is 11.6 Å². The van der Waals surface area contributed by atoms with Crippen LogP contribution in [0.15, 0.2) is 11.6 Å². The number of allylic oxidation sites excluding steroid dienone is 1.